The third kappa shape index (κ3) is 5.00. The van der Waals surface area contributed by atoms with Crippen LogP contribution >= 0.6 is 11.8 Å². The molecule has 3 aromatic carbocycles. The zero-order chi connectivity index (χ0) is 24.2. The number of piperazine rings is 1. The number of anilines is 1. The molecule has 5 rings (SSSR count). The predicted octanol–water partition coefficient (Wildman–Crippen LogP) is 4.43. The summed E-state index contributed by atoms with van der Waals surface area (Å²) in [5, 5.41) is -0.0312. The molecule has 0 saturated carbocycles. The van der Waals surface area contributed by atoms with Gasteiger partial charge in [0, 0.05) is 38.3 Å². The molecule has 2 fully saturated rings. The van der Waals surface area contributed by atoms with Gasteiger partial charge in [0.1, 0.15) is 11.1 Å². The fourth-order valence-electron chi connectivity index (χ4n) is 4.70. The van der Waals surface area contributed by atoms with E-state index in [2.05, 4.69) is 11.0 Å². The summed E-state index contributed by atoms with van der Waals surface area (Å²) < 4.78 is 5.49. The van der Waals surface area contributed by atoms with Crippen LogP contribution in [0, 0.1) is 0 Å². The molecule has 7 heteroatoms. The van der Waals surface area contributed by atoms with Crippen molar-refractivity contribution in [3.63, 3.8) is 0 Å². The average Bonchev–Trinajstić information content (AvgIpc) is 3.28. The van der Waals surface area contributed by atoms with Gasteiger partial charge in [0.05, 0.1) is 18.6 Å². The first-order valence-corrected chi connectivity index (χ1v) is 12.9. The minimum Gasteiger partial charge on any atom is -0.495 e. The number of hydrogen-bond donors (Lipinski definition) is 0. The van der Waals surface area contributed by atoms with Crippen molar-refractivity contribution in [2.75, 3.05) is 43.9 Å². The summed E-state index contributed by atoms with van der Waals surface area (Å²) in [6.07, 6.45) is 0. The second-order valence-electron chi connectivity index (χ2n) is 8.74. The molecule has 1 atom stereocenters. The van der Waals surface area contributed by atoms with E-state index in [1.54, 1.807) is 18.9 Å². The molecule has 2 aliphatic rings. The molecule has 2 aliphatic heterocycles. The maximum atomic E-state index is 13.2. The van der Waals surface area contributed by atoms with E-state index in [-0.39, 0.29) is 17.2 Å². The van der Waals surface area contributed by atoms with Crippen molar-refractivity contribution >= 4 is 29.3 Å². The summed E-state index contributed by atoms with van der Waals surface area (Å²) in [5.41, 5.74) is 3.92. The van der Waals surface area contributed by atoms with Crippen molar-refractivity contribution in [3.05, 3.63) is 95.6 Å². The van der Waals surface area contributed by atoms with Crippen LogP contribution in [0.15, 0.2) is 78.9 Å². The summed E-state index contributed by atoms with van der Waals surface area (Å²) in [5.74, 6) is 1.53. The fraction of sp³-hybridized carbons (Fsp3) is 0.286. The number of rotatable bonds is 6. The highest BCUT2D eigenvalue weighted by Crippen LogP contribution is 2.39. The van der Waals surface area contributed by atoms with E-state index in [0.29, 0.717) is 31.0 Å². The highest BCUT2D eigenvalue weighted by molar-refractivity contribution is 8.00. The lowest BCUT2D eigenvalue weighted by atomic mass is 10.1. The van der Waals surface area contributed by atoms with Crippen LogP contribution in [0.3, 0.4) is 0 Å². The van der Waals surface area contributed by atoms with Gasteiger partial charge in [0.2, 0.25) is 5.91 Å². The minimum atomic E-state index is -0.0312. The topological polar surface area (TPSA) is 53.1 Å². The summed E-state index contributed by atoms with van der Waals surface area (Å²) in [4.78, 5) is 31.8. The fourth-order valence-corrected chi connectivity index (χ4v) is 5.88. The van der Waals surface area contributed by atoms with Gasteiger partial charge in [-0.3, -0.25) is 9.59 Å². The molecule has 2 heterocycles. The molecule has 0 aromatic heterocycles. The lowest BCUT2D eigenvalue weighted by Gasteiger charge is -2.36. The standard InChI is InChI=1S/C28H29N3O3S/c1-34-25-10-6-5-9-24(25)29-15-17-30(18-16-29)27(33)22-11-13-23(14-12-22)28-31(26(32)20-35-28)19-21-7-3-2-4-8-21/h2-14,28H,15-20H2,1H3/t28-/m0/s1. The van der Waals surface area contributed by atoms with E-state index in [4.69, 9.17) is 4.74 Å². The number of carbonyl (C=O) groups excluding carboxylic acids is 2. The smallest absolute Gasteiger partial charge is 0.253 e. The van der Waals surface area contributed by atoms with Gasteiger partial charge in [-0.15, -0.1) is 11.8 Å². The molecule has 3 aromatic rings. The molecule has 2 amide bonds. The van der Waals surface area contributed by atoms with Crippen LogP contribution in [0.1, 0.15) is 26.9 Å². The number of ether oxygens (including phenoxy) is 1. The third-order valence-corrected chi connectivity index (χ3v) is 7.86. The molecular weight excluding hydrogens is 458 g/mol. The van der Waals surface area contributed by atoms with E-state index in [1.165, 1.54) is 0 Å². The lowest BCUT2D eigenvalue weighted by molar-refractivity contribution is -0.128. The summed E-state index contributed by atoms with van der Waals surface area (Å²) in [7, 11) is 1.68. The van der Waals surface area contributed by atoms with Gasteiger partial charge in [-0.25, -0.2) is 0 Å². The molecule has 0 unspecified atom stereocenters. The van der Waals surface area contributed by atoms with Gasteiger partial charge in [0.25, 0.3) is 5.91 Å². The normalized spacial score (nSPS) is 18.1. The maximum Gasteiger partial charge on any atom is 0.253 e. The average molecular weight is 488 g/mol. The van der Waals surface area contributed by atoms with Crippen LogP contribution < -0.4 is 9.64 Å². The van der Waals surface area contributed by atoms with Gasteiger partial charge in [-0.05, 0) is 35.4 Å². The van der Waals surface area contributed by atoms with Crippen LogP contribution in [0.4, 0.5) is 5.69 Å². The number of hydrogen-bond acceptors (Lipinski definition) is 5. The number of para-hydroxylation sites is 2. The first-order chi connectivity index (χ1) is 17.1. The van der Waals surface area contributed by atoms with Crippen molar-refractivity contribution in [3.8, 4) is 5.75 Å². The van der Waals surface area contributed by atoms with Gasteiger partial charge >= 0.3 is 0 Å². The molecule has 0 aliphatic carbocycles. The number of nitrogens with zero attached hydrogens (tertiary/aromatic N) is 3. The third-order valence-electron chi connectivity index (χ3n) is 6.60. The molecule has 6 nitrogen and oxygen atoms in total. The first-order valence-electron chi connectivity index (χ1n) is 11.9. The van der Waals surface area contributed by atoms with Gasteiger partial charge < -0.3 is 19.4 Å². The number of carbonyl (C=O) groups is 2. The van der Waals surface area contributed by atoms with Crippen molar-refractivity contribution in [2.45, 2.75) is 11.9 Å². The van der Waals surface area contributed by atoms with Crippen LogP contribution in [-0.4, -0.2) is 60.7 Å². The molecule has 35 heavy (non-hydrogen) atoms. The zero-order valence-corrected chi connectivity index (χ0v) is 20.6. The first kappa shape index (κ1) is 23.3. The monoisotopic (exact) mass is 487 g/mol. The molecule has 0 bridgehead atoms. The SMILES string of the molecule is COc1ccccc1N1CCN(C(=O)c2ccc([C@@H]3SCC(=O)N3Cc3ccccc3)cc2)CC1. The Morgan fingerprint density at radius 3 is 2.31 bits per heavy atom. The van der Waals surface area contributed by atoms with Crippen molar-refractivity contribution in [1.29, 1.82) is 0 Å². The zero-order valence-electron chi connectivity index (χ0n) is 19.8. The lowest BCUT2D eigenvalue weighted by Crippen LogP contribution is -2.48. The Kier molecular flexibility index (Phi) is 6.95. The van der Waals surface area contributed by atoms with Crippen LogP contribution in [0.5, 0.6) is 5.75 Å². The number of amides is 2. The molecule has 180 valence electrons. The van der Waals surface area contributed by atoms with Gasteiger partial charge in [-0.1, -0.05) is 54.6 Å². The predicted molar refractivity (Wildman–Crippen MR) is 140 cm³/mol. The molecule has 2 saturated heterocycles. The number of thioether (sulfide) groups is 1. The number of methoxy groups -OCH3 is 1. The quantitative estimate of drug-likeness (QED) is 0.515. The summed E-state index contributed by atoms with van der Waals surface area (Å²) >= 11 is 1.64. The van der Waals surface area contributed by atoms with E-state index in [1.807, 2.05) is 82.6 Å². The Labute approximate surface area is 210 Å². The van der Waals surface area contributed by atoms with Crippen molar-refractivity contribution < 1.29 is 14.3 Å². The Morgan fingerprint density at radius 2 is 1.60 bits per heavy atom. The minimum absolute atomic E-state index is 0.0312. The van der Waals surface area contributed by atoms with Gasteiger partial charge in [-0.2, -0.15) is 0 Å². The Bertz CT molecular complexity index is 1180. The van der Waals surface area contributed by atoms with Crippen molar-refractivity contribution in [1.82, 2.24) is 9.80 Å². The van der Waals surface area contributed by atoms with E-state index in [0.717, 1.165) is 35.7 Å². The van der Waals surface area contributed by atoms with Crippen molar-refractivity contribution in [2.24, 2.45) is 0 Å². The Morgan fingerprint density at radius 1 is 0.914 bits per heavy atom. The molecular formula is C28H29N3O3S. The highest BCUT2D eigenvalue weighted by atomic mass is 32.2. The van der Waals surface area contributed by atoms with Crippen LogP contribution in [0.2, 0.25) is 0 Å². The molecule has 0 spiro atoms. The van der Waals surface area contributed by atoms with Gasteiger partial charge in [0.15, 0.2) is 0 Å². The highest BCUT2D eigenvalue weighted by Gasteiger charge is 2.33. The Hall–Kier alpha value is -3.45. The van der Waals surface area contributed by atoms with Crippen LogP contribution in [-0.2, 0) is 11.3 Å². The summed E-state index contributed by atoms with van der Waals surface area (Å²) in [6, 6.07) is 25.8. The summed E-state index contributed by atoms with van der Waals surface area (Å²) in [6.45, 7) is 3.44. The van der Waals surface area contributed by atoms with E-state index >= 15 is 0 Å². The van der Waals surface area contributed by atoms with Crippen LogP contribution in [0.25, 0.3) is 0 Å². The maximum absolute atomic E-state index is 13.2. The Balaban J connectivity index is 1.23. The molecule has 0 radical (unpaired) electrons. The second-order valence-corrected chi connectivity index (χ2v) is 9.81. The van der Waals surface area contributed by atoms with E-state index in [9.17, 15) is 9.59 Å². The molecule has 0 N–H and O–H groups in total. The number of benzene rings is 3. The van der Waals surface area contributed by atoms with E-state index < -0.39 is 0 Å². The second kappa shape index (κ2) is 10.4. The largest absolute Gasteiger partial charge is 0.495 e.